The molecule has 0 aromatic rings. The summed E-state index contributed by atoms with van der Waals surface area (Å²) in [5.74, 6) is 0.226. The first-order valence-electron chi connectivity index (χ1n) is 6.46. The van der Waals surface area contributed by atoms with E-state index in [9.17, 15) is 4.79 Å². The lowest BCUT2D eigenvalue weighted by Crippen LogP contribution is -2.29. The zero-order valence-electron chi connectivity index (χ0n) is 11.5. The number of rotatable bonds is 7. The van der Waals surface area contributed by atoms with E-state index in [2.05, 4.69) is 19.2 Å². The van der Waals surface area contributed by atoms with Crippen molar-refractivity contribution in [3.63, 3.8) is 0 Å². The summed E-state index contributed by atoms with van der Waals surface area (Å²) in [4.78, 5) is 11.9. The molecule has 0 radical (unpaired) electrons. The van der Waals surface area contributed by atoms with Crippen LogP contribution in [0.3, 0.4) is 0 Å². The Kier molecular flexibility index (Phi) is 8.20. The van der Waals surface area contributed by atoms with E-state index in [4.69, 9.17) is 5.73 Å². The number of amides is 1. The summed E-state index contributed by atoms with van der Waals surface area (Å²) >= 11 is 0. The lowest BCUT2D eigenvalue weighted by atomic mass is 9.98. The fourth-order valence-corrected chi connectivity index (χ4v) is 1.64. The highest BCUT2D eigenvalue weighted by molar-refractivity contribution is 5.80. The summed E-state index contributed by atoms with van der Waals surface area (Å²) in [7, 11) is 0. The van der Waals surface area contributed by atoms with Gasteiger partial charge in [0.05, 0.1) is 0 Å². The highest BCUT2D eigenvalue weighted by atomic mass is 16.1. The van der Waals surface area contributed by atoms with Gasteiger partial charge in [-0.2, -0.15) is 0 Å². The molecule has 0 saturated heterocycles. The molecule has 98 valence electrons. The Morgan fingerprint density at radius 2 is 2.06 bits per heavy atom. The minimum atomic E-state index is 0.110. The Bertz CT molecular complexity index is 293. The van der Waals surface area contributed by atoms with Gasteiger partial charge in [-0.25, -0.2) is 0 Å². The van der Waals surface area contributed by atoms with Crippen molar-refractivity contribution in [3.05, 3.63) is 23.5 Å². The molecular weight excluding hydrogens is 212 g/mol. The van der Waals surface area contributed by atoms with Crippen LogP contribution in [0.2, 0.25) is 0 Å². The molecule has 0 saturated carbocycles. The van der Waals surface area contributed by atoms with Gasteiger partial charge in [-0.15, -0.1) is 0 Å². The fraction of sp³-hybridized carbons (Fsp3) is 0.643. The Balaban J connectivity index is 4.35. The summed E-state index contributed by atoms with van der Waals surface area (Å²) in [5, 5.41) is 2.91. The van der Waals surface area contributed by atoms with Crippen LogP contribution in [0, 0.1) is 5.92 Å². The normalized spacial score (nSPS) is 14.6. The highest BCUT2D eigenvalue weighted by Crippen LogP contribution is 2.13. The van der Waals surface area contributed by atoms with Crippen molar-refractivity contribution in [1.29, 1.82) is 0 Å². The van der Waals surface area contributed by atoms with Crippen LogP contribution in [0.4, 0.5) is 0 Å². The van der Waals surface area contributed by atoms with E-state index in [1.54, 1.807) is 6.08 Å². The molecule has 0 aromatic carbocycles. The van der Waals surface area contributed by atoms with Crippen LogP contribution in [0.1, 0.15) is 53.4 Å². The van der Waals surface area contributed by atoms with Gasteiger partial charge >= 0.3 is 0 Å². The number of hydrogen-bond acceptors (Lipinski definition) is 2. The zero-order chi connectivity index (χ0) is 13.3. The van der Waals surface area contributed by atoms with Gasteiger partial charge in [0, 0.05) is 17.3 Å². The lowest BCUT2D eigenvalue weighted by molar-refractivity contribution is -0.124. The van der Waals surface area contributed by atoms with E-state index in [1.807, 2.05) is 19.9 Å². The first-order chi connectivity index (χ1) is 8.04. The topological polar surface area (TPSA) is 55.1 Å². The summed E-state index contributed by atoms with van der Waals surface area (Å²) in [6.45, 7) is 7.93. The average Bonchev–Trinajstić information content (AvgIpc) is 2.29. The molecule has 3 heteroatoms. The molecule has 0 aliphatic carbocycles. The number of carbonyl (C=O) groups excluding carboxylic acids is 1. The van der Waals surface area contributed by atoms with Crippen LogP contribution in [-0.2, 0) is 4.79 Å². The largest absolute Gasteiger partial charge is 0.399 e. The van der Waals surface area contributed by atoms with Crippen LogP contribution in [0.15, 0.2) is 23.5 Å². The van der Waals surface area contributed by atoms with Gasteiger partial charge in [-0.05, 0) is 32.8 Å². The molecule has 1 atom stereocenters. The number of nitrogens with one attached hydrogen (secondary N) is 1. The molecule has 0 bridgehead atoms. The Hall–Kier alpha value is -1.25. The van der Waals surface area contributed by atoms with Gasteiger partial charge in [0.2, 0.25) is 5.91 Å². The van der Waals surface area contributed by atoms with Crippen LogP contribution in [0.25, 0.3) is 0 Å². The van der Waals surface area contributed by atoms with E-state index in [-0.39, 0.29) is 11.8 Å². The maximum Gasteiger partial charge on any atom is 0.227 e. The predicted molar refractivity (Wildman–Crippen MR) is 73.2 cm³/mol. The third-order valence-electron chi connectivity index (χ3n) is 2.81. The number of nitrogens with two attached hydrogens (primary N) is 1. The first kappa shape index (κ1) is 15.8. The molecule has 0 aliphatic heterocycles. The van der Waals surface area contributed by atoms with Gasteiger partial charge in [-0.1, -0.05) is 32.8 Å². The molecular formula is C14H26N2O. The van der Waals surface area contributed by atoms with Gasteiger partial charge in [0.1, 0.15) is 0 Å². The van der Waals surface area contributed by atoms with Crippen LogP contribution < -0.4 is 11.1 Å². The van der Waals surface area contributed by atoms with Gasteiger partial charge in [-0.3, -0.25) is 4.79 Å². The minimum absolute atomic E-state index is 0.110. The van der Waals surface area contributed by atoms with Crippen molar-refractivity contribution in [3.8, 4) is 0 Å². The maximum absolute atomic E-state index is 11.9. The summed E-state index contributed by atoms with van der Waals surface area (Å²) in [6.07, 6.45) is 7.67. The molecule has 3 N–H and O–H groups in total. The van der Waals surface area contributed by atoms with E-state index in [0.29, 0.717) is 5.70 Å². The SMILES string of the molecule is C/C=C(N)\C=C(/C)NC(=O)C(CC)CCCC. The zero-order valence-corrected chi connectivity index (χ0v) is 11.5. The first-order valence-corrected chi connectivity index (χ1v) is 6.46. The Morgan fingerprint density at radius 1 is 1.41 bits per heavy atom. The molecule has 1 amide bonds. The second-order valence-corrected chi connectivity index (χ2v) is 4.35. The Morgan fingerprint density at radius 3 is 2.53 bits per heavy atom. The van der Waals surface area contributed by atoms with Crippen molar-refractivity contribution in [1.82, 2.24) is 5.32 Å². The Labute approximate surface area is 105 Å². The highest BCUT2D eigenvalue weighted by Gasteiger charge is 2.15. The van der Waals surface area contributed by atoms with Crippen LogP contribution >= 0.6 is 0 Å². The molecule has 0 spiro atoms. The quantitative estimate of drug-likeness (QED) is 0.670. The monoisotopic (exact) mass is 238 g/mol. The predicted octanol–water partition coefficient (Wildman–Crippen LogP) is 3.09. The van der Waals surface area contributed by atoms with E-state index in [0.717, 1.165) is 31.4 Å². The molecule has 0 heterocycles. The third-order valence-corrected chi connectivity index (χ3v) is 2.81. The van der Waals surface area contributed by atoms with Crippen molar-refractivity contribution in [2.75, 3.05) is 0 Å². The summed E-state index contributed by atoms with van der Waals surface area (Å²) < 4.78 is 0. The van der Waals surface area contributed by atoms with Crippen molar-refractivity contribution in [2.24, 2.45) is 11.7 Å². The standard InChI is InChI=1S/C14H26N2O/c1-5-8-9-12(6-2)14(17)16-11(4)10-13(15)7-3/h7,10,12H,5-6,8-9,15H2,1-4H3,(H,16,17)/b11-10+,13-7+. The molecule has 3 nitrogen and oxygen atoms in total. The second-order valence-electron chi connectivity index (χ2n) is 4.35. The molecule has 17 heavy (non-hydrogen) atoms. The second kappa shape index (κ2) is 8.85. The van der Waals surface area contributed by atoms with Gasteiger partial charge in [0.25, 0.3) is 0 Å². The number of allylic oxidation sites excluding steroid dienone is 3. The van der Waals surface area contributed by atoms with E-state index >= 15 is 0 Å². The smallest absolute Gasteiger partial charge is 0.227 e. The molecule has 0 aliphatic rings. The van der Waals surface area contributed by atoms with Crippen molar-refractivity contribution in [2.45, 2.75) is 53.4 Å². The van der Waals surface area contributed by atoms with E-state index < -0.39 is 0 Å². The van der Waals surface area contributed by atoms with Gasteiger partial charge in [0.15, 0.2) is 0 Å². The molecule has 1 unspecified atom stereocenters. The van der Waals surface area contributed by atoms with Crippen molar-refractivity contribution >= 4 is 5.91 Å². The third kappa shape index (κ3) is 6.82. The number of carbonyl (C=O) groups is 1. The molecule has 0 aromatic heterocycles. The summed E-state index contributed by atoms with van der Waals surface area (Å²) in [6, 6.07) is 0. The lowest BCUT2D eigenvalue weighted by Gasteiger charge is -2.14. The molecule has 0 rings (SSSR count). The number of unbranched alkanes of at least 4 members (excludes halogenated alkanes) is 1. The molecule has 0 fully saturated rings. The van der Waals surface area contributed by atoms with E-state index in [1.165, 1.54) is 0 Å². The van der Waals surface area contributed by atoms with Crippen LogP contribution in [-0.4, -0.2) is 5.91 Å². The maximum atomic E-state index is 11.9. The fourth-order valence-electron chi connectivity index (χ4n) is 1.64. The van der Waals surface area contributed by atoms with Crippen LogP contribution in [0.5, 0.6) is 0 Å². The summed E-state index contributed by atoms with van der Waals surface area (Å²) in [5.41, 5.74) is 7.15. The number of hydrogen-bond donors (Lipinski definition) is 2. The van der Waals surface area contributed by atoms with Gasteiger partial charge < -0.3 is 11.1 Å². The minimum Gasteiger partial charge on any atom is -0.399 e. The average molecular weight is 238 g/mol. The van der Waals surface area contributed by atoms with Crippen molar-refractivity contribution < 1.29 is 4.79 Å².